The number of carbonyl (C=O) groups is 2. The van der Waals surface area contributed by atoms with Crippen LogP contribution in [-0.2, 0) is 9.59 Å². The highest BCUT2D eigenvalue weighted by molar-refractivity contribution is 8.00. The van der Waals surface area contributed by atoms with Crippen LogP contribution in [0.25, 0.3) is 11.1 Å². The van der Waals surface area contributed by atoms with Crippen molar-refractivity contribution in [2.75, 3.05) is 10.6 Å². The Labute approximate surface area is 176 Å². The van der Waals surface area contributed by atoms with E-state index in [0.29, 0.717) is 16.3 Å². The Balaban J connectivity index is 1.63. The molecule has 2 N–H and O–H groups in total. The van der Waals surface area contributed by atoms with E-state index in [1.165, 1.54) is 28.0 Å². The molecule has 0 saturated carbocycles. The van der Waals surface area contributed by atoms with Crippen molar-refractivity contribution < 1.29 is 9.59 Å². The normalized spacial score (nSPS) is 16.3. The number of hydrogen-bond donors (Lipinski definition) is 1. The van der Waals surface area contributed by atoms with Crippen molar-refractivity contribution in [3.05, 3.63) is 65.0 Å². The standard InChI is InChI=1S/C22H17N3O2S2/c1-13-2-4-14(5-3-13)18-12-28-22(17(18)11-23)25-20(26)10-19(21(25)27)29-16-8-6-15(24)7-9-16/h2-9,12,19H,10,24H2,1H3. The predicted octanol–water partition coefficient (Wildman–Crippen LogP) is 4.60. The predicted molar refractivity (Wildman–Crippen MR) is 117 cm³/mol. The van der Waals surface area contributed by atoms with E-state index < -0.39 is 5.25 Å². The summed E-state index contributed by atoms with van der Waals surface area (Å²) in [5, 5.41) is 11.5. The molecule has 4 rings (SSSR count). The van der Waals surface area contributed by atoms with E-state index in [1.54, 1.807) is 12.1 Å². The zero-order chi connectivity index (χ0) is 20.5. The van der Waals surface area contributed by atoms with Gasteiger partial charge in [-0.3, -0.25) is 9.59 Å². The monoisotopic (exact) mass is 419 g/mol. The lowest BCUT2D eigenvalue weighted by molar-refractivity contribution is -0.121. The molecule has 1 fully saturated rings. The second-order valence-electron chi connectivity index (χ2n) is 6.75. The first kappa shape index (κ1) is 19.2. The molecule has 7 heteroatoms. The van der Waals surface area contributed by atoms with E-state index >= 15 is 0 Å². The van der Waals surface area contributed by atoms with Gasteiger partial charge in [0.25, 0.3) is 0 Å². The summed E-state index contributed by atoms with van der Waals surface area (Å²) < 4.78 is 0. The fraction of sp³-hybridized carbons (Fsp3) is 0.136. The molecular weight excluding hydrogens is 402 g/mol. The van der Waals surface area contributed by atoms with Crippen LogP contribution in [0.4, 0.5) is 10.7 Å². The number of nitrogens with two attached hydrogens (primary N) is 1. The van der Waals surface area contributed by atoms with Gasteiger partial charge < -0.3 is 5.73 Å². The molecule has 5 nitrogen and oxygen atoms in total. The van der Waals surface area contributed by atoms with E-state index in [0.717, 1.165) is 21.6 Å². The molecule has 0 aliphatic carbocycles. The van der Waals surface area contributed by atoms with Gasteiger partial charge in [-0.05, 0) is 36.8 Å². The summed E-state index contributed by atoms with van der Waals surface area (Å²) in [6.07, 6.45) is 0.108. The second-order valence-corrected chi connectivity index (χ2v) is 8.89. The number of imide groups is 1. The Kier molecular flexibility index (Phi) is 5.14. The van der Waals surface area contributed by atoms with Crippen LogP contribution in [0.2, 0.25) is 0 Å². The van der Waals surface area contributed by atoms with Crippen LogP contribution >= 0.6 is 23.1 Å². The largest absolute Gasteiger partial charge is 0.399 e. The summed E-state index contributed by atoms with van der Waals surface area (Å²) >= 11 is 2.59. The van der Waals surface area contributed by atoms with Gasteiger partial charge in [0.1, 0.15) is 11.1 Å². The van der Waals surface area contributed by atoms with E-state index in [2.05, 4.69) is 6.07 Å². The molecule has 29 heavy (non-hydrogen) atoms. The van der Waals surface area contributed by atoms with Crippen LogP contribution in [-0.4, -0.2) is 17.1 Å². The second kappa shape index (κ2) is 7.74. The average Bonchev–Trinajstić information content (AvgIpc) is 3.24. The Morgan fingerprint density at radius 3 is 2.48 bits per heavy atom. The Hall–Kier alpha value is -3.08. The molecule has 0 radical (unpaired) electrons. The topological polar surface area (TPSA) is 87.2 Å². The lowest BCUT2D eigenvalue weighted by atomic mass is 10.0. The number of amides is 2. The van der Waals surface area contributed by atoms with Crippen LogP contribution in [0, 0.1) is 18.3 Å². The lowest BCUT2D eigenvalue weighted by Gasteiger charge is -2.13. The van der Waals surface area contributed by atoms with Gasteiger partial charge in [0, 0.05) is 27.9 Å². The van der Waals surface area contributed by atoms with Crippen LogP contribution in [0.1, 0.15) is 17.5 Å². The number of carbonyl (C=O) groups excluding carboxylic acids is 2. The van der Waals surface area contributed by atoms with Gasteiger partial charge in [0.05, 0.1) is 10.8 Å². The zero-order valence-corrected chi connectivity index (χ0v) is 17.2. The van der Waals surface area contributed by atoms with Crippen LogP contribution in [0.5, 0.6) is 0 Å². The minimum Gasteiger partial charge on any atom is -0.399 e. The first-order chi connectivity index (χ1) is 14.0. The molecule has 1 aromatic heterocycles. The average molecular weight is 420 g/mol. The number of nitriles is 1. The molecule has 1 atom stereocenters. The maximum Gasteiger partial charge on any atom is 0.248 e. The third-order valence-corrected chi connectivity index (χ3v) is 6.87. The smallest absolute Gasteiger partial charge is 0.248 e. The summed E-state index contributed by atoms with van der Waals surface area (Å²) in [5.74, 6) is -0.567. The highest BCUT2D eigenvalue weighted by Gasteiger charge is 2.42. The number of thioether (sulfide) groups is 1. The molecule has 1 saturated heterocycles. The Morgan fingerprint density at radius 2 is 1.83 bits per heavy atom. The number of nitrogen functional groups attached to an aromatic ring is 1. The molecular formula is C22H17N3O2S2. The maximum absolute atomic E-state index is 13.0. The first-order valence-electron chi connectivity index (χ1n) is 8.95. The summed E-state index contributed by atoms with van der Waals surface area (Å²) in [6, 6.07) is 17.2. The van der Waals surface area contributed by atoms with Crippen molar-refractivity contribution in [2.45, 2.75) is 23.5 Å². The van der Waals surface area contributed by atoms with Gasteiger partial charge in [-0.2, -0.15) is 5.26 Å². The third kappa shape index (κ3) is 3.65. The molecule has 1 unspecified atom stereocenters. The van der Waals surface area contributed by atoms with Gasteiger partial charge in [-0.1, -0.05) is 29.8 Å². The van der Waals surface area contributed by atoms with Gasteiger partial charge >= 0.3 is 0 Å². The van der Waals surface area contributed by atoms with Crippen molar-refractivity contribution in [2.24, 2.45) is 0 Å². The van der Waals surface area contributed by atoms with E-state index in [-0.39, 0.29) is 18.2 Å². The number of benzene rings is 2. The number of nitrogens with zero attached hydrogens (tertiary/aromatic N) is 2. The fourth-order valence-corrected chi connectivity index (χ4v) is 5.29. The van der Waals surface area contributed by atoms with E-state index in [1.807, 2.05) is 48.7 Å². The molecule has 2 aromatic carbocycles. The number of hydrogen-bond acceptors (Lipinski definition) is 6. The lowest BCUT2D eigenvalue weighted by Crippen LogP contribution is -2.31. The number of thiophene rings is 1. The van der Waals surface area contributed by atoms with Crippen molar-refractivity contribution in [1.29, 1.82) is 5.26 Å². The van der Waals surface area contributed by atoms with Gasteiger partial charge in [-0.25, -0.2) is 4.90 Å². The SMILES string of the molecule is Cc1ccc(-c2csc(N3C(=O)CC(Sc4ccc(N)cc4)C3=O)c2C#N)cc1. The van der Waals surface area contributed by atoms with E-state index in [9.17, 15) is 14.9 Å². The molecule has 1 aliphatic heterocycles. The maximum atomic E-state index is 13.0. The fourth-order valence-electron chi connectivity index (χ4n) is 3.19. The first-order valence-corrected chi connectivity index (χ1v) is 10.7. The molecule has 3 aromatic rings. The summed E-state index contributed by atoms with van der Waals surface area (Å²) in [5.41, 5.74) is 9.46. The molecule has 2 heterocycles. The Bertz CT molecular complexity index is 1130. The minimum absolute atomic E-state index is 0.108. The third-order valence-electron chi connectivity index (χ3n) is 4.71. The van der Waals surface area contributed by atoms with Crippen molar-refractivity contribution in [3.8, 4) is 17.2 Å². The van der Waals surface area contributed by atoms with Gasteiger partial charge in [-0.15, -0.1) is 23.1 Å². The zero-order valence-electron chi connectivity index (χ0n) is 15.6. The quantitative estimate of drug-likeness (QED) is 0.493. The molecule has 144 valence electrons. The summed E-state index contributed by atoms with van der Waals surface area (Å²) in [7, 11) is 0. The minimum atomic E-state index is -0.511. The van der Waals surface area contributed by atoms with Gasteiger partial charge in [0.15, 0.2) is 0 Å². The van der Waals surface area contributed by atoms with Crippen LogP contribution in [0.3, 0.4) is 0 Å². The van der Waals surface area contributed by atoms with Crippen molar-refractivity contribution in [1.82, 2.24) is 0 Å². The highest BCUT2D eigenvalue weighted by Crippen LogP contribution is 2.41. The molecule has 2 amide bonds. The number of rotatable bonds is 4. The number of aryl methyl sites for hydroxylation is 1. The summed E-state index contributed by atoms with van der Waals surface area (Å²) in [6.45, 7) is 1.99. The van der Waals surface area contributed by atoms with Crippen molar-refractivity contribution in [3.63, 3.8) is 0 Å². The summed E-state index contributed by atoms with van der Waals surface area (Å²) in [4.78, 5) is 27.7. The van der Waals surface area contributed by atoms with Crippen LogP contribution in [0.15, 0.2) is 58.8 Å². The van der Waals surface area contributed by atoms with Gasteiger partial charge in [0.2, 0.25) is 11.8 Å². The molecule has 1 aliphatic rings. The van der Waals surface area contributed by atoms with Crippen molar-refractivity contribution >= 4 is 45.6 Å². The Morgan fingerprint density at radius 1 is 1.14 bits per heavy atom. The molecule has 0 spiro atoms. The highest BCUT2D eigenvalue weighted by atomic mass is 32.2. The molecule has 0 bridgehead atoms. The van der Waals surface area contributed by atoms with E-state index in [4.69, 9.17) is 5.73 Å². The van der Waals surface area contributed by atoms with Crippen LogP contribution < -0.4 is 10.6 Å². The number of anilines is 2.